The predicted molar refractivity (Wildman–Crippen MR) is 87.7 cm³/mol. The number of carbonyl (C=O) groups is 1. The van der Waals surface area contributed by atoms with Gasteiger partial charge in [0, 0.05) is 32.7 Å². The highest BCUT2D eigenvalue weighted by Gasteiger charge is 2.41. The van der Waals surface area contributed by atoms with Gasteiger partial charge >= 0.3 is 0 Å². The summed E-state index contributed by atoms with van der Waals surface area (Å²) in [5.74, 6) is -0.133. The fourth-order valence-electron chi connectivity index (χ4n) is 2.86. The second-order valence-electron chi connectivity index (χ2n) is 5.94. The molecule has 1 aromatic carbocycles. The number of aliphatic hydroxyl groups is 1. The van der Waals surface area contributed by atoms with Gasteiger partial charge in [-0.2, -0.15) is 0 Å². The van der Waals surface area contributed by atoms with Crippen molar-refractivity contribution in [2.24, 2.45) is 0 Å². The quantitative estimate of drug-likeness (QED) is 0.608. The lowest BCUT2D eigenvalue weighted by Crippen LogP contribution is -2.58. The van der Waals surface area contributed by atoms with Gasteiger partial charge in [-0.3, -0.25) is 4.79 Å². The molecule has 0 bridgehead atoms. The number of amides is 1. The van der Waals surface area contributed by atoms with Crippen molar-refractivity contribution in [2.45, 2.75) is 24.9 Å². The van der Waals surface area contributed by atoms with Crippen LogP contribution >= 0.6 is 0 Å². The normalized spacial score (nSPS) is 22.1. The minimum absolute atomic E-state index is 0.133. The van der Waals surface area contributed by atoms with Crippen LogP contribution in [0.25, 0.3) is 0 Å². The van der Waals surface area contributed by atoms with Crippen LogP contribution in [0.3, 0.4) is 0 Å². The average Bonchev–Trinajstić information content (AvgIpc) is 2.54. The maximum absolute atomic E-state index is 12.6. The van der Waals surface area contributed by atoms with Crippen LogP contribution in [0.2, 0.25) is 0 Å². The Morgan fingerprint density at radius 1 is 1.27 bits per heavy atom. The third-order valence-electron chi connectivity index (χ3n) is 4.19. The molecule has 0 radical (unpaired) electrons. The van der Waals surface area contributed by atoms with Crippen LogP contribution in [0.1, 0.15) is 18.4 Å². The zero-order chi connectivity index (χ0) is 15.8. The monoisotopic (exact) mass is 305 g/mol. The van der Waals surface area contributed by atoms with Gasteiger partial charge in [-0.1, -0.05) is 30.3 Å². The van der Waals surface area contributed by atoms with Crippen LogP contribution < -0.4 is 10.6 Å². The molecule has 0 aromatic heterocycles. The molecule has 1 aromatic rings. The Labute approximate surface area is 132 Å². The Bertz CT molecular complexity index is 466. The van der Waals surface area contributed by atoms with Gasteiger partial charge < -0.3 is 20.6 Å². The molecule has 0 unspecified atom stereocenters. The summed E-state index contributed by atoms with van der Waals surface area (Å²) in [5.41, 5.74) is -0.0283. The minimum atomic E-state index is -1.25. The highest BCUT2D eigenvalue weighted by molar-refractivity contribution is 5.86. The van der Waals surface area contributed by atoms with E-state index >= 15 is 0 Å². The van der Waals surface area contributed by atoms with Crippen molar-refractivity contribution in [2.75, 3.05) is 39.8 Å². The summed E-state index contributed by atoms with van der Waals surface area (Å²) in [7, 11) is 1.88. The van der Waals surface area contributed by atoms with Crippen molar-refractivity contribution in [3.8, 4) is 0 Å². The molecule has 5 heteroatoms. The van der Waals surface area contributed by atoms with E-state index in [1.807, 2.05) is 25.2 Å². The molecule has 5 nitrogen and oxygen atoms in total. The summed E-state index contributed by atoms with van der Waals surface area (Å²) in [6.45, 7) is 3.31. The topological polar surface area (TPSA) is 64.6 Å². The highest BCUT2D eigenvalue weighted by atomic mass is 16.3. The van der Waals surface area contributed by atoms with Gasteiger partial charge in [0.2, 0.25) is 0 Å². The molecular formula is C17H27N3O2. The number of nitrogens with one attached hydrogen (secondary N) is 2. The summed E-state index contributed by atoms with van der Waals surface area (Å²) in [4.78, 5) is 14.4. The molecule has 1 atom stereocenters. The van der Waals surface area contributed by atoms with Gasteiger partial charge in [-0.25, -0.2) is 0 Å². The molecule has 1 heterocycles. The number of likely N-dealkylation sites (tertiary alicyclic amines) is 1. The van der Waals surface area contributed by atoms with Crippen molar-refractivity contribution in [1.29, 1.82) is 0 Å². The summed E-state index contributed by atoms with van der Waals surface area (Å²) in [6.07, 6.45) is 2.22. The number of hydrogen-bond acceptors (Lipinski definition) is 4. The molecule has 1 saturated heterocycles. The first-order chi connectivity index (χ1) is 10.7. The zero-order valence-electron chi connectivity index (χ0n) is 13.3. The molecule has 1 aliphatic heterocycles. The van der Waals surface area contributed by atoms with Gasteiger partial charge in [0.1, 0.15) is 0 Å². The second kappa shape index (κ2) is 8.27. The van der Waals surface area contributed by atoms with Gasteiger partial charge in [0.15, 0.2) is 5.60 Å². The number of hydrogen-bond donors (Lipinski definition) is 3. The molecule has 22 heavy (non-hydrogen) atoms. The van der Waals surface area contributed by atoms with E-state index in [1.165, 1.54) is 5.56 Å². The summed E-state index contributed by atoms with van der Waals surface area (Å²) < 4.78 is 0. The molecule has 2 rings (SSSR count). The SMILES string of the molecule is CNCCNC[C@]1(O)CCCN(CCc2ccccc2)C1=O. The van der Waals surface area contributed by atoms with Crippen LogP contribution in [-0.2, 0) is 11.2 Å². The third-order valence-corrected chi connectivity index (χ3v) is 4.19. The maximum Gasteiger partial charge on any atom is 0.255 e. The molecule has 122 valence electrons. The van der Waals surface area contributed by atoms with E-state index in [0.29, 0.717) is 19.5 Å². The second-order valence-corrected chi connectivity index (χ2v) is 5.94. The smallest absolute Gasteiger partial charge is 0.255 e. The van der Waals surface area contributed by atoms with Crippen molar-refractivity contribution >= 4 is 5.91 Å². The number of benzene rings is 1. The zero-order valence-corrected chi connectivity index (χ0v) is 13.3. The number of likely N-dealkylation sites (N-methyl/N-ethyl adjacent to an activating group) is 1. The lowest BCUT2D eigenvalue weighted by Gasteiger charge is -2.38. The van der Waals surface area contributed by atoms with Crippen LogP contribution in [0, 0.1) is 0 Å². The maximum atomic E-state index is 12.6. The summed E-state index contributed by atoms with van der Waals surface area (Å²) in [5, 5.41) is 16.8. The van der Waals surface area contributed by atoms with E-state index in [-0.39, 0.29) is 5.91 Å². The largest absolute Gasteiger partial charge is 0.379 e. The van der Waals surface area contributed by atoms with Crippen LogP contribution in [-0.4, -0.2) is 61.3 Å². The van der Waals surface area contributed by atoms with Crippen LogP contribution in [0.15, 0.2) is 30.3 Å². The molecule has 1 fully saturated rings. The lowest BCUT2D eigenvalue weighted by molar-refractivity contribution is -0.156. The summed E-state index contributed by atoms with van der Waals surface area (Å²) >= 11 is 0. The van der Waals surface area contributed by atoms with Crippen molar-refractivity contribution < 1.29 is 9.90 Å². The van der Waals surface area contributed by atoms with Crippen molar-refractivity contribution in [3.63, 3.8) is 0 Å². The number of nitrogens with zero attached hydrogens (tertiary/aromatic N) is 1. The lowest BCUT2D eigenvalue weighted by atomic mass is 9.91. The predicted octanol–water partition coefficient (Wildman–Crippen LogP) is 0.392. The van der Waals surface area contributed by atoms with E-state index in [0.717, 1.165) is 32.5 Å². The van der Waals surface area contributed by atoms with Crippen molar-refractivity contribution in [1.82, 2.24) is 15.5 Å². The van der Waals surface area contributed by atoms with Crippen molar-refractivity contribution in [3.05, 3.63) is 35.9 Å². The fraction of sp³-hybridized carbons (Fsp3) is 0.588. The first-order valence-electron chi connectivity index (χ1n) is 8.07. The molecule has 3 N–H and O–H groups in total. The van der Waals surface area contributed by atoms with Gasteiger partial charge in [-0.05, 0) is 31.9 Å². The Morgan fingerprint density at radius 3 is 2.77 bits per heavy atom. The molecule has 0 aliphatic carbocycles. The van der Waals surface area contributed by atoms with Crippen LogP contribution in [0.5, 0.6) is 0 Å². The number of rotatable bonds is 8. The molecular weight excluding hydrogens is 278 g/mol. The van der Waals surface area contributed by atoms with E-state index in [2.05, 4.69) is 22.8 Å². The molecule has 1 aliphatic rings. The Morgan fingerprint density at radius 2 is 2.05 bits per heavy atom. The Kier molecular flexibility index (Phi) is 6.36. The number of carbonyl (C=O) groups excluding carboxylic acids is 1. The highest BCUT2D eigenvalue weighted by Crippen LogP contribution is 2.22. The van der Waals surface area contributed by atoms with E-state index < -0.39 is 5.60 Å². The van der Waals surface area contributed by atoms with E-state index in [4.69, 9.17) is 0 Å². The van der Waals surface area contributed by atoms with Gasteiger partial charge in [0.05, 0.1) is 0 Å². The Hall–Kier alpha value is -1.43. The molecule has 0 saturated carbocycles. The number of piperidine rings is 1. The van der Waals surface area contributed by atoms with E-state index in [1.54, 1.807) is 4.90 Å². The van der Waals surface area contributed by atoms with Gasteiger partial charge in [0.25, 0.3) is 5.91 Å². The minimum Gasteiger partial charge on any atom is -0.379 e. The van der Waals surface area contributed by atoms with Crippen LogP contribution in [0.4, 0.5) is 0 Å². The fourth-order valence-corrected chi connectivity index (χ4v) is 2.86. The standard InChI is InChI=1S/C17H27N3O2/c1-18-10-11-19-14-17(22)9-5-12-20(16(17)21)13-8-15-6-3-2-4-7-15/h2-4,6-7,18-19,22H,5,8-14H2,1H3/t17-/m1/s1. The Balaban J connectivity index is 1.86. The molecule has 0 spiro atoms. The first kappa shape index (κ1) is 16.9. The van der Waals surface area contributed by atoms with Gasteiger partial charge in [-0.15, -0.1) is 0 Å². The first-order valence-corrected chi connectivity index (χ1v) is 8.07. The average molecular weight is 305 g/mol. The third kappa shape index (κ3) is 4.53. The molecule has 1 amide bonds. The van der Waals surface area contributed by atoms with E-state index in [9.17, 15) is 9.90 Å². The summed E-state index contributed by atoms with van der Waals surface area (Å²) in [6, 6.07) is 10.1.